The van der Waals surface area contributed by atoms with Crippen LogP contribution in [0.2, 0.25) is 0 Å². The second-order valence-corrected chi connectivity index (χ2v) is 18.2. The molecule has 2 saturated carbocycles. The molecule has 0 amide bonds. The molecule has 22 heteroatoms. The van der Waals surface area contributed by atoms with Gasteiger partial charge >= 0.3 is 12.4 Å². The lowest BCUT2D eigenvalue weighted by molar-refractivity contribution is -0.143. The highest BCUT2D eigenvalue weighted by Gasteiger charge is 2.48. The van der Waals surface area contributed by atoms with Gasteiger partial charge in [-0.05, 0) is 87.4 Å². The summed E-state index contributed by atoms with van der Waals surface area (Å²) in [6, 6.07) is 4.50. The Bertz CT molecular complexity index is 2170. The summed E-state index contributed by atoms with van der Waals surface area (Å²) in [6.45, 7) is 3.14. The number of nitrogen functional groups attached to an aromatic ring is 3. The highest BCUT2D eigenvalue weighted by atomic mass is 32.2. The van der Waals surface area contributed by atoms with E-state index in [1.54, 1.807) is 12.4 Å². The fourth-order valence-corrected chi connectivity index (χ4v) is 11.0. The first-order valence-corrected chi connectivity index (χ1v) is 21.6. The Labute approximate surface area is 357 Å². The van der Waals surface area contributed by atoms with E-state index in [1.807, 2.05) is 7.05 Å². The summed E-state index contributed by atoms with van der Waals surface area (Å²) in [6.07, 6.45) is 4.36. The molecule has 14 nitrogen and oxygen atoms in total. The van der Waals surface area contributed by atoms with Crippen LogP contribution in [0, 0.1) is 10.8 Å². The summed E-state index contributed by atoms with van der Waals surface area (Å²) in [7, 11) is 1.94. The molecule has 0 bridgehead atoms. The van der Waals surface area contributed by atoms with E-state index in [9.17, 15) is 31.4 Å². The van der Waals surface area contributed by atoms with Crippen molar-refractivity contribution in [3.05, 3.63) is 54.2 Å². The predicted molar refractivity (Wildman–Crippen MR) is 222 cm³/mol. The molecule has 4 aliphatic rings. The number of hydrogen-bond donors (Lipinski definition) is 6. The molecular weight excluding hydrogens is 845 g/mol. The van der Waals surface area contributed by atoms with Gasteiger partial charge in [0.25, 0.3) is 0 Å². The van der Waals surface area contributed by atoms with Crippen molar-refractivity contribution < 1.29 is 31.4 Å². The van der Waals surface area contributed by atoms with Gasteiger partial charge in [-0.3, -0.25) is 4.98 Å². The van der Waals surface area contributed by atoms with Gasteiger partial charge in [0.1, 0.15) is 27.5 Å². The average Bonchev–Trinajstić information content (AvgIpc) is 3.73. The fourth-order valence-electron chi connectivity index (χ4n) is 9.21. The van der Waals surface area contributed by atoms with E-state index >= 15 is 0 Å². The van der Waals surface area contributed by atoms with Gasteiger partial charge in [-0.25, -0.2) is 24.9 Å². The van der Waals surface area contributed by atoms with E-state index < -0.39 is 23.6 Å². The van der Waals surface area contributed by atoms with E-state index in [-0.39, 0.29) is 60.3 Å². The molecule has 10 N–H and O–H groups in total. The van der Waals surface area contributed by atoms with E-state index in [1.165, 1.54) is 25.0 Å². The van der Waals surface area contributed by atoms with Crippen molar-refractivity contribution in [2.45, 2.75) is 108 Å². The number of halogens is 6. The molecule has 3 atom stereocenters. The number of anilines is 5. The number of pyridine rings is 2. The molecule has 2 aliphatic carbocycles. The van der Waals surface area contributed by atoms with Crippen LogP contribution in [0.4, 0.5) is 55.4 Å². The maximum Gasteiger partial charge on any atom is 0.434 e. The Morgan fingerprint density at radius 1 is 0.770 bits per heavy atom. The van der Waals surface area contributed by atoms with Crippen LogP contribution in [0.3, 0.4) is 0 Å². The molecule has 6 heterocycles. The van der Waals surface area contributed by atoms with Crippen molar-refractivity contribution in [3.8, 4) is 0 Å². The maximum atomic E-state index is 13.3. The number of aromatic nitrogens is 6. The highest BCUT2D eigenvalue weighted by Crippen LogP contribution is 2.48. The number of aliphatic hydroxyl groups excluding tert-OH is 1. The van der Waals surface area contributed by atoms with Gasteiger partial charge < -0.3 is 43.2 Å². The summed E-state index contributed by atoms with van der Waals surface area (Å²) in [4.78, 5) is 28.4. The monoisotopic (exact) mass is 893 g/mol. The minimum atomic E-state index is -4.56. The Morgan fingerprint density at radius 3 is 1.85 bits per heavy atom. The van der Waals surface area contributed by atoms with Gasteiger partial charge in [0.15, 0.2) is 17.3 Å². The van der Waals surface area contributed by atoms with Crippen LogP contribution >= 0.6 is 23.5 Å². The second kappa shape index (κ2) is 17.8. The van der Waals surface area contributed by atoms with Crippen LogP contribution in [0.25, 0.3) is 0 Å². The zero-order valence-electron chi connectivity index (χ0n) is 33.4. The van der Waals surface area contributed by atoms with Gasteiger partial charge in [-0.2, -0.15) is 26.3 Å². The molecule has 4 aromatic heterocycles. The third-order valence-electron chi connectivity index (χ3n) is 12.5. The van der Waals surface area contributed by atoms with Crippen molar-refractivity contribution >= 4 is 52.6 Å². The first kappa shape index (κ1) is 44.7. The Balaban J connectivity index is 0.000000184. The Hall–Kier alpha value is -4.38. The largest absolute Gasteiger partial charge is 0.434 e. The quantitative estimate of drug-likeness (QED) is 0.113. The van der Waals surface area contributed by atoms with Crippen LogP contribution in [0.5, 0.6) is 0 Å². The molecule has 2 saturated heterocycles. The third-order valence-corrected chi connectivity index (χ3v) is 14.7. The zero-order chi connectivity index (χ0) is 43.7. The summed E-state index contributed by atoms with van der Waals surface area (Å²) < 4.78 is 79.4. The fraction of sp³-hybridized carbons (Fsp3) is 0.538. The minimum Gasteiger partial charge on any atom is -0.393 e. The lowest BCUT2D eigenvalue weighted by atomic mass is 9.74. The van der Waals surface area contributed by atoms with Gasteiger partial charge in [-0.15, -0.1) is 0 Å². The van der Waals surface area contributed by atoms with Gasteiger partial charge in [0, 0.05) is 60.4 Å². The molecule has 4 aromatic rings. The van der Waals surface area contributed by atoms with E-state index in [0.29, 0.717) is 23.9 Å². The van der Waals surface area contributed by atoms with Gasteiger partial charge in [-0.1, -0.05) is 29.9 Å². The minimum absolute atomic E-state index is 0.0129. The maximum absolute atomic E-state index is 13.3. The van der Waals surface area contributed by atoms with Crippen molar-refractivity contribution in [3.63, 3.8) is 0 Å². The molecule has 61 heavy (non-hydrogen) atoms. The first-order chi connectivity index (χ1) is 28.9. The van der Waals surface area contributed by atoms with Crippen LogP contribution < -0.4 is 38.1 Å². The molecule has 330 valence electrons. The van der Waals surface area contributed by atoms with Crippen molar-refractivity contribution in [2.24, 2.45) is 16.6 Å². The third kappa shape index (κ3) is 9.82. The topological polar surface area (TPSA) is 220 Å². The molecule has 4 fully saturated rings. The molecule has 2 aliphatic heterocycles. The van der Waals surface area contributed by atoms with Gasteiger partial charge in [0.2, 0.25) is 0 Å². The van der Waals surface area contributed by atoms with E-state index in [0.717, 1.165) is 107 Å². The number of rotatable bonds is 7. The zero-order valence-corrected chi connectivity index (χ0v) is 35.0. The van der Waals surface area contributed by atoms with Crippen molar-refractivity contribution in [1.29, 1.82) is 0 Å². The predicted octanol–water partition coefficient (Wildman–Crippen LogP) is 6.26. The number of hydrogen-bond acceptors (Lipinski definition) is 16. The number of piperidine rings is 2. The Morgan fingerprint density at radius 2 is 1.34 bits per heavy atom. The summed E-state index contributed by atoms with van der Waals surface area (Å²) in [5.41, 5.74) is 22.4. The lowest BCUT2D eigenvalue weighted by Crippen LogP contribution is -2.48. The average molecular weight is 894 g/mol. The van der Waals surface area contributed by atoms with Crippen LogP contribution in [0.1, 0.15) is 69.0 Å². The van der Waals surface area contributed by atoms with Crippen LogP contribution in [-0.2, 0) is 12.4 Å². The van der Waals surface area contributed by atoms with E-state index in [2.05, 4.69) is 45.0 Å². The summed E-state index contributed by atoms with van der Waals surface area (Å²) in [5, 5.41) is 13.9. The summed E-state index contributed by atoms with van der Waals surface area (Å²) in [5.74, 6) is 1.39. The van der Waals surface area contributed by atoms with Crippen LogP contribution in [-0.4, -0.2) is 86.4 Å². The number of nitrogens with zero attached hydrogens (tertiary/aromatic N) is 8. The number of nitrogens with one attached hydrogen (secondary N) is 1. The molecule has 8 rings (SSSR count). The molecule has 0 radical (unpaired) electrons. The lowest BCUT2D eigenvalue weighted by Gasteiger charge is -2.43. The summed E-state index contributed by atoms with van der Waals surface area (Å²) >= 11 is 1.59. The number of aliphatic hydroxyl groups is 1. The number of alkyl halides is 6. The second-order valence-electron chi connectivity index (χ2n) is 16.1. The standard InChI is InChI=1S/C20H25F3N6OS.C19H24F3N7S/c1-25-14-9-12(30)10-19(14)4-7-29(8-5-19)15-11-27-18(17(24)28-15)31-13-3-2-6-26-16(13)20(21,22)23;20-19(21,22)11-9-26-14(24)8-12(11)30-17-16(25)28-15(10-27-17)29-6-4-18(5-7-29)3-1-2-13(18)23/h2-3,6,11-12,14,25,30H,4-5,7-10H2,1H3,(H2,24,28);8-10,13H,1-7,23H2,(H2,24,26)(H2,25,28)/t12-,14+;13-/m01/s1. The van der Waals surface area contributed by atoms with E-state index in [4.69, 9.17) is 22.9 Å². The molecule has 0 aromatic carbocycles. The highest BCUT2D eigenvalue weighted by molar-refractivity contribution is 7.99. The smallest absolute Gasteiger partial charge is 0.393 e. The van der Waals surface area contributed by atoms with Gasteiger partial charge in [0.05, 0.1) is 24.1 Å². The SMILES string of the molecule is CN[C@@H]1C[C@H](O)CC12CCN(c1cnc(Sc3cccnc3C(F)(F)F)c(N)n1)CC2.Nc1cc(Sc2ncc(N3CCC4(CCC[C@H]4N)CC3)nc2N)c(C(F)(F)F)cn1. The van der Waals surface area contributed by atoms with Crippen molar-refractivity contribution in [2.75, 3.05) is 60.2 Å². The number of nitrogens with two attached hydrogens (primary N) is 4. The molecular formula is C39H49F6N13OS2. The van der Waals surface area contributed by atoms with Crippen LogP contribution in [0.15, 0.2) is 62.8 Å². The molecule has 2 spiro atoms. The first-order valence-electron chi connectivity index (χ1n) is 20.0. The van der Waals surface area contributed by atoms with Crippen molar-refractivity contribution in [1.82, 2.24) is 35.2 Å². The Kier molecular flexibility index (Phi) is 13.0. The molecule has 0 unspecified atom stereocenters. The normalized spacial score (nSPS) is 22.4.